The van der Waals surface area contributed by atoms with Gasteiger partial charge in [-0.2, -0.15) is 0 Å². The number of amides is 2. The van der Waals surface area contributed by atoms with E-state index < -0.39 is 11.9 Å². The van der Waals surface area contributed by atoms with E-state index in [-0.39, 0.29) is 11.9 Å². The maximum absolute atomic E-state index is 11.7. The Morgan fingerprint density at radius 3 is 2.94 bits per heavy atom. The third-order valence-corrected chi connectivity index (χ3v) is 3.83. The maximum atomic E-state index is 11.7. The summed E-state index contributed by atoms with van der Waals surface area (Å²) in [6.45, 7) is 3.11. The van der Waals surface area contributed by atoms with Crippen LogP contribution in [0, 0.1) is 11.8 Å². The second-order valence-electron chi connectivity index (χ2n) is 4.43. The Morgan fingerprint density at radius 2 is 2.39 bits per heavy atom. The molecule has 1 saturated heterocycles. The first-order chi connectivity index (χ1) is 8.58. The smallest absolute Gasteiger partial charge is 0.317 e. The predicted octanol–water partition coefficient (Wildman–Crippen LogP) is 1.01. The summed E-state index contributed by atoms with van der Waals surface area (Å²) >= 11 is 1.49. The second kappa shape index (κ2) is 5.34. The largest absolute Gasteiger partial charge is 0.481 e. The molecule has 0 aromatic carbocycles. The van der Waals surface area contributed by atoms with Crippen molar-refractivity contribution in [2.75, 3.05) is 13.1 Å². The third-order valence-electron chi connectivity index (χ3n) is 3.20. The van der Waals surface area contributed by atoms with Gasteiger partial charge in [0.1, 0.15) is 0 Å². The summed E-state index contributed by atoms with van der Waals surface area (Å²) in [5, 5.41) is 13.5. The summed E-state index contributed by atoms with van der Waals surface area (Å²) < 4.78 is 0. The summed E-state index contributed by atoms with van der Waals surface area (Å²) in [5.41, 5.74) is 2.56. The molecule has 18 heavy (non-hydrogen) atoms. The number of aliphatic carboxylic acids is 1. The zero-order valence-electron chi connectivity index (χ0n) is 10.00. The molecule has 98 valence electrons. The zero-order valence-corrected chi connectivity index (χ0v) is 10.8. The fourth-order valence-corrected chi connectivity index (χ4v) is 2.36. The van der Waals surface area contributed by atoms with Gasteiger partial charge in [0.2, 0.25) is 0 Å². The quantitative estimate of drug-likeness (QED) is 0.854. The summed E-state index contributed by atoms with van der Waals surface area (Å²) in [5.74, 6) is -1.14. The number of carboxylic acids is 1. The highest BCUT2D eigenvalue weighted by atomic mass is 32.1. The molecule has 1 aromatic heterocycles. The SMILES string of the molecule is CC(C(=O)O)C1CN(C(=O)NCc2cscn2)C1. The predicted molar refractivity (Wildman–Crippen MR) is 66.2 cm³/mol. The molecule has 2 amide bonds. The van der Waals surface area contributed by atoms with Crippen molar-refractivity contribution in [3.05, 3.63) is 16.6 Å². The lowest BCUT2D eigenvalue weighted by molar-refractivity contribution is -0.144. The van der Waals surface area contributed by atoms with Crippen LogP contribution in [-0.4, -0.2) is 40.1 Å². The maximum Gasteiger partial charge on any atom is 0.317 e. The number of urea groups is 1. The van der Waals surface area contributed by atoms with Crippen molar-refractivity contribution in [2.45, 2.75) is 13.5 Å². The molecule has 0 radical (unpaired) electrons. The number of nitrogens with one attached hydrogen (secondary N) is 1. The summed E-state index contributed by atoms with van der Waals surface area (Å²) in [4.78, 5) is 28.2. The molecule has 1 aliphatic rings. The van der Waals surface area contributed by atoms with Gasteiger partial charge in [0, 0.05) is 24.4 Å². The number of rotatable bonds is 4. The first-order valence-corrected chi connectivity index (χ1v) is 6.65. The van der Waals surface area contributed by atoms with Gasteiger partial charge in [-0.15, -0.1) is 11.3 Å². The van der Waals surface area contributed by atoms with E-state index in [4.69, 9.17) is 5.11 Å². The van der Waals surface area contributed by atoms with E-state index in [9.17, 15) is 9.59 Å². The first-order valence-electron chi connectivity index (χ1n) is 5.70. The molecule has 1 fully saturated rings. The molecule has 1 atom stereocenters. The Bertz CT molecular complexity index is 429. The standard InChI is InChI=1S/C11H15N3O3S/c1-7(10(15)16)8-3-14(4-8)11(17)12-2-9-5-18-6-13-9/h5-8H,2-4H2,1H3,(H,12,17)(H,15,16). The van der Waals surface area contributed by atoms with Crippen molar-refractivity contribution < 1.29 is 14.7 Å². The molecule has 1 aliphatic heterocycles. The van der Waals surface area contributed by atoms with Crippen LogP contribution in [0.5, 0.6) is 0 Å². The third kappa shape index (κ3) is 2.79. The number of carbonyl (C=O) groups is 2. The van der Waals surface area contributed by atoms with Crippen molar-refractivity contribution in [3.63, 3.8) is 0 Å². The lowest BCUT2D eigenvalue weighted by atomic mass is 9.87. The number of hydrogen-bond donors (Lipinski definition) is 2. The molecular weight excluding hydrogens is 254 g/mol. The molecule has 0 saturated carbocycles. The van der Waals surface area contributed by atoms with Crippen LogP contribution in [0.3, 0.4) is 0 Å². The van der Waals surface area contributed by atoms with Crippen LogP contribution in [0.1, 0.15) is 12.6 Å². The lowest BCUT2D eigenvalue weighted by Crippen LogP contribution is -2.56. The summed E-state index contributed by atoms with van der Waals surface area (Å²) in [6, 6.07) is -0.156. The highest BCUT2D eigenvalue weighted by Gasteiger charge is 2.37. The van der Waals surface area contributed by atoms with E-state index in [0.717, 1.165) is 5.69 Å². The molecule has 0 bridgehead atoms. The van der Waals surface area contributed by atoms with Crippen molar-refractivity contribution in [1.82, 2.24) is 15.2 Å². The minimum atomic E-state index is -0.803. The minimum Gasteiger partial charge on any atom is -0.481 e. The number of carbonyl (C=O) groups excluding carboxylic acids is 1. The molecule has 2 rings (SSSR count). The minimum absolute atomic E-state index is 0.0625. The van der Waals surface area contributed by atoms with Gasteiger partial charge in [0.05, 0.1) is 23.7 Å². The number of hydrogen-bond acceptors (Lipinski definition) is 4. The Balaban J connectivity index is 1.71. The number of carboxylic acid groups (broad SMARTS) is 1. The molecule has 0 spiro atoms. The van der Waals surface area contributed by atoms with Crippen molar-refractivity contribution in [1.29, 1.82) is 0 Å². The van der Waals surface area contributed by atoms with Gasteiger partial charge in [-0.05, 0) is 0 Å². The average Bonchev–Trinajstić information content (AvgIpc) is 2.76. The van der Waals surface area contributed by atoms with Gasteiger partial charge in [0.15, 0.2) is 0 Å². The molecule has 6 nitrogen and oxygen atoms in total. The van der Waals surface area contributed by atoms with E-state index >= 15 is 0 Å². The Labute approximate surface area is 109 Å². The number of likely N-dealkylation sites (tertiary alicyclic amines) is 1. The molecule has 1 unspecified atom stereocenters. The van der Waals surface area contributed by atoms with Crippen LogP contribution in [0.25, 0.3) is 0 Å². The van der Waals surface area contributed by atoms with Crippen LogP contribution >= 0.6 is 11.3 Å². The van der Waals surface area contributed by atoms with Gasteiger partial charge in [-0.3, -0.25) is 4.79 Å². The average molecular weight is 269 g/mol. The van der Waals surface area contributed by atoms with Crippen LogP contribution < -0.4 is 5.32 Å². The Morgan fingerprint density at radius 1 is 1.67 bits per heavy atom. The van der Waals surface area contributed by atoms with Gasteiger partial charge >= 0.3 is 12.0 Å². The number of thiazole rings is 1. The molecule has 2 N–H and O–H groups in total. The molecule has 7 heteroatoms. The van der Waals surface area contributed by atoms with Gasteiger partial charge in [-0.25, -0.2) is 9.78 Å². The normalized spacial score (nSPS) is 17.1. The lowest BCUT2D eigenvalue weighted by Gasteiger charge is -2.40. The van der Waals surface area contributed by atoms with Gasteiger partial charge in [-0.1, -0.05) is 6.92 Å². The Kier molecular flexibility index (Phi) is 3.81. The number of nitrogens with zero attached hydrogens (tertiary/aromatic N) is 2. The molecule has 0 aliphatic carbocycles. The van der Waals surface area contributed by atoms with E-state index in [2.05, 4.69) is 10.3 Å². The zero-order chi connectivity index (χ0) is 13.1. The van der Waals surface area contributed by atoms with Crippen LogP contribution in [-0.2, 0) is 11.3 Å². The summed E-state index contributed by atoms with van der Waals surface area (Å²) in [6.07, 6.45) is 0. The fraction of sp³-hybridized carbons (Fsp3) is 0.545. The summed E-state index contributed by atoms with van der Waals surface area (Å²) in [7, 11) is 0. The topological polar surface area (TPSA) is 82.5 Å². The van der Waals surface area contributed by atoms with E-state index in [1.54, 1.807) is 17.3 Å². The van der Waals surface area contributed by atoms with E-state index in [1.165, 1.54) is 11.3 Å². The van der Waals surface area contributed by atoms with Gasteiger partial charge < -0.3 is 15.3 Å². The van der Waals surface area contributed by atoms with Crippen LogP contribution in [0.15, 0.2) is 10.9 Å². The van der Waals surface area contributed by atoms with Crippen molar-refractivity contribution in [3.8, 4) is 0 Å². The van der Waals surface area contributed by atoms with Crippen molar-refractivity contribution >= 4 is 23.3 Å². The van der Waals surface area contributed by atoms with Crippen molar-refractivity contribution in [2.24, 2.45) is 11.8 Å². The number of aromatic nitrogens is 1. The monoisotopic (exact) mass is 269 g/mol. The molecular formula is C11H15N3O3S. The fourth-order valence-electron chi connectivity index (χ4n) is 1.80. The molecule has 1 aromatic rings. The van der Waals surface area contributed by atoms with Crippen LogP contribution in [0.2, 0.25) is 0 Å². The van der Waals surface area contributed by atoms with E-state index in [1.807, 2.05) is 5.38 Å². The van der Waals surface area contributed by atoms with E-state index in [0.29, 0.717) is 19.6 Å². The Hall–Kier alpha value is -1.63. The molecule has 2 heterocycles. The van der Waals surface area contributed by atoms with Crippen LogP contribution in [0.4, 0.5) is 4.79 Å². The highest BCUT2D eigenvalue weighted by molar-refractivity contribution is 7.07. The highest BCUT2D eigenvalue weighted by Crippen LogP contribution is 2.23. The second-order valence-corrected chi connectivity index (χ2v) is 5.15. The first kappa shape index (κ1) is 12.8. The van der Waals surface area contributed by atoms with Gasteiger partial charge in [0.25, 0.3) is 0 Å².